The summed E-state index contributed by atoms with van der Waals surface area (Å²) >= 11 is 1.70. The Balaban J connectivity index is 1.30. The predicted octanol–water partition coefficient (Wildman–Crippen LogP) is 4.59. The summed E-state index contributed by atoms with van der Waals surface area (Å²) in [6.07, 6.45) is 4.35. The van der Waals surface area contributed by atoms with E-state index >= 15 is 0 Å². The van der Waals surface area contributed by atoms with Crippen LogP contribution in [0.2, 0.25) is 0 Å². The molecule has 0 aliphatic carbocycles. The van der Waals surface area contributed by atoms with E-state index in [1.807, 2.05) is 28.9 Å². The zero-order valence-corrected chi connectivity index (χ0v) is 15.2. The third kappa shape index (κ3) is 3.06. The van der Waals surface area contributed by atoms with Crippen molar-refractivity contribution in [3.63, 3.8) is 0 Å². The van der Waals surface area contributed by atoms with Crippen LogP contribution in [0.25, 0.3) is 22.4 Å². The van der Waals surface area contributed by atoms with Crippen LogP contribution in [0.4, 0.5) is 0 Å². The molecule has 1 aliphatic heterocycles. The van der Waals surface area contributed by atoms with Crippen molar-refractivity contribution in [2.45, 2.75) is 25.4 Å². The molecule has 1 fully saturated rings. The van der Waals surface area contributed by atoms with Crippen molar-refractivity contribution in [1.29, 1.82) is 0 Å². The lowest BCUT2D eigenvalue weighted by Crippen LogP contribution is -2.36. The fourth-order valence-corrected chi connectivity index (χ4v) is 4.31. The topological polar surface area (TPSA) is 47.1 Å². The maximum Gasteiger partial charge on any atom is 0.199 e. The third-order valence-corrected chi connectivity index (χ3v) is 5.65. The number of aromatic nitrogens is 3. The summed E-state index contributed by atoms with van der Waals surface area (Å²) in [7, 11) is 0. The van der Waals surface area contributed by atoms with Crippen molar-refractivity contribution in [2.24, 2.45) is 0 Å². The smallest absolute Gasteiger partial charge is 0.199 e. The van der Waals surface area contributed by atoms with Gasteiger partial charge < -0.3 is 4.42 Å². The number of para-hydroxylation sites is 2. The molecule has 0 spiro atoms. The Bertz CT molecular complexity index is 971. The highest BCUT2D eigenvalue weighted by molar-refractivity contribution is 7.08. The number of thiophene rings is 1. The molecule has 0 N–H and O–H groups in total. The highest BCUT2D eigenvalue weighted by Crippen LogP contribution is 2.29. The lowest BCUT2D eigenvalue weighted by Gasteiger charge is -2.30. The van der Waals surface area contributed by atoms with E-state index in [9.17, 15) is 0 Å². The van der Waals surface area contributed by atoms with Crippen LogP contribution in [0.1, 0.15) is 24.7 Å². The Labute approximate surface area is 155 Å². The second-order valence-electron chi connectivity index (χ2n) is 6.83. The van der Waals surface area contributed by atoms with Gasteiger partial charge in [0.25, 0.3) is 0 Å². The zero-order chi connectivity index (χ0) is 17.3. The Hall–Kier alpha value is -2.44. The van der Waals surface area contributed by atoms with Gasteiger partial charge in [-0.1, -0.05) is 12.1 Å². The number of hydrogen-bond donors (Lipinski definition) is 0. The largest absolute Gasteiger partial charge is 0.440 e. The quantitative estimate of drug-likeness (QED) is 0.531. The minimum absolute atomic E-state index is 0.350. The van der Waals surface area contributed by atoms with Gasteiger partial charge in [-0.15, -0.1) is 0 Å². The van der Waals surface area contributed by atoms with E-state index in [0.717, 1.165) is 55.3 Å². The van der Waals surface area contributed by atoms with Crippen LogP contribution in [0.15, 0.2) is 57.8 Å². The summed E-state index contributed by atoms with van der Waals surface area (Å²) in [4.78, 5) is 7.14. The molecule has 4 heterocycles. The molecule has 0 radical (unpaired) electrons. The first-order chi connectivity index (χ1) is 12.8. The molecule has 3 aromatic heterocycles. The monoisotopic (exact) mass is 364 g/mol. The summed E-state index contributed by atoms with van der Waals surface area (Å²) in [5.74, 6) is 1.22. The van der Waals surface area contributed by atoms with Crippen molar-refractivity contribution in [2.75, 3.05) is 13.1 Å². The molecular formula is C20H20N4OS. The first-order valence-corrected chi connectivity index (χ1v) is 9.93. The fraction of sp³-hybridized carbons (Fsp3) is 0.300. The molecule has 132 valence electrons. The van der Waals surface area contributed by atoms with Gasteiger partial charge in [-0.3, -0.25) is 9.58 Å². The average molecular weight is 364 g/mol. The minimum Gasteiger partial charge on any atom is -0.440 e. The number of oxazole rings is 1. The van der Waals surface area contributed by atoms with E-state index in [1.165, 1.54) is 5.56 Å². The summed E-state index contributed by atoms with van der Waals surface area (Å²) in [5.41, 5.74) is 4.06. The summed E-state index contributed by atoms with van der Waals surface area (Å²) in [6.45, 7) is 2.85. The van der Waals surface area contributed by atoms with Crippen LogP contribution in [-0.4, -0.2) is 32.8 Å². The molecule has 4 aromatic rings. The van der Waals surface area contributed by atoms with Gasteiger partial charge in [0.05, 0.1) is 12.4 Å². The van der Waals surface area contributed by atoms with Gasteiger partial charge in [-0.2, -0.15) is 16.4 Å². The second-order valence-corrected chi connectivity index (χ2v) is 7.61. The molecule has 6 heteroatoms. The molecule has 0 amide bonds. The number of benzene rings is 1. The Morgan fingerprint density at radius 2 is 2.15 bits per heavy atom. The fourth-order valence-electron chi connectivity index (χ4n) is 3.66. The Morgan fingerprint density at radius 3 is 3.04 bits per heavy atom. The lowest BCUT2D eigenvalue weighted by molar-refractivity contribution is 0.149. The van der Waals surface area contributed by atoms with Crippen molar-refractivity contribution in [1.82, 2.24) is 19.7 Å². The predicted molar refractivity (Wildman–Crippen MR) is 103 cm³/mol. The van der Waals surface area contributed by atoms with E-state index in [-0.39, 0.29) is 0 Å². The van der Waals surface area contributed by atoms with E-state index in [1.54, 1.807) is 11.3 Å². The number of nitrogens with zero attached hydrogens (tertiary/aromatic N) is 4. The standard InChI is InChI=1S/C20H20N4OS/c1-2-6-19-18(5-1)21-20(25-19)15-4-3-9-23(12-15)14-24-10-7-17(22-24)16-8-11-26-13-16/h1-2,5-8,10-11,13,15H,3-4,9,12,14H2. The summed E-state index contributed by atoms with van der Waals surface area (Å²) < 4.78 is 8.03. The molecule has 1 aliphatic rings. The lowest BCUT2D eigenvalue weighted by atomic mass is 9.98. The summed E-state index contributed by atoms with van der Waals surface area (Å²) in [6, 6.07) is 12.2. The van der Waals surface area contributed by atoms with Crippen LogP contribution in [0.3, 0.4) is 0 Å². The molecule has 0 saturated carbocycles. The number of rotatable bonds is 4. The number of hydrogen-bond acceptors (Lipinski definition) is 5. The van der Waals surface area contributed by atoms with Crippen molar-refractivity contribution < 1.29 is 4.42 Å². The molecule has 1 unspecified atom stereocenters. The third-order valence-electron chi connectivity index (χ3n) is 4.97. The van der Waals surface area contributed by atoms with E-state index in [4.69, 9.17) is 14.5 Å². The van der Waals surface area contributed by atoms with Crippen LogP contribution in [0.5, 0.6) is 0 Å². The van der Waals surface area contributed by atoms with Gasteiger partial charge >= 0.3 is 0 Å². The van der Waals surface area contributed by atoms with Gasteiger partial charge in [0.1, 0.15) is 5.52 Å². The molecule has 26 heavy (non-hydrogen) atoms. The average Bonchev–Trinajstić information content (AvgIpc) is 3.41. The molecular weight excluding hydrogens is 344 g/mol. The number of piperidine rings is 1. The van der Waals surface area contributed by atoms with Gasteiger partial charge in [0.2, 0.25) is 0 Å². The van der Waals surface area contributed by atoms with Gasteiger partial charge in [-0.05, 0) is 49.0 Å². The van der Waals surface area contributed by atoms with Gasteiger partial charge in [-0.25, -0.2) is 4.98 Å². The van der Waals surface area contributed by atoms with Gasteiger partial charge in [0.15, 0.2) is 11.5 Å². The molecule has 1 atom stereocenters. The SMILES string of the molecule is c1ccc2oc(C3CCCN(Cn4ccc(-c5ccsc5)n4)C3)nc2c1. The molecule has 5 nitrogen and oxygen atoms in total. The molecule has 1 aromatic carbocycles. The number of fused-ring (bicyclic) bond motifs is 1. The molecule has 1 saturated heterocycles. The first kappa shape index (κ1) is 15.8. The van der Waals surface area contributed by atoms with Crippen LogP contribution in [0, 0.1) is 0 Å². The normalized spacial score (nSPS) is 18.5. The first-order valence-electron chi connectivity index (χ1n) is 8.99. The minimum atomic E-state index is 0.350. The maximum absolute atomic E-state index is 6.00. The van der Waals surface area contributed by atoms with Crippen LogP contribution >= 0.6 is 11.3 Å². The van der Waals surface area contributed by atoms with E-state index in [2.05, 4.69) is 34.0 Å². The Morgan fingerprint density at radius 1 is 1.19 bits per heavy atom. The highest BCUT2D eigenvalue weighted by atomic mass is 32.1. The molecule has 5 rings (SSSR count). The van der Waals surface area contributed by atoms with Crippen LogP contribution in [-0.2, 0) is 6.67 Å². The molecule has 0 bridgehead atoms. The number of likely N-dealkylation sites (tertiary alicyclic amines) is 1. The van der Waals surface area contributed by atoms with Crippen molar-refractivity contribution in [3.05, 3.63) is 59.2 Å². The second kappa shape index (κ2) is 6.70. The van der Waals surface area contributed by atoms with Crippen molar-refractivity contribution >= 4 is 22.4 Å². The van der Waals surface area contributed by atoms with E-state index < -0.39 is 0 Å². The van der Waals surface area contributed by atoms with Gasteiger partial charge in [0, 0.05) is 29.6 Å². The van der Waals surface area contributed by atoms with Crippen LogP contribution < -0.4 is 0 Å². The Kier molecular flexibility index (Phi) is 4.07. The highest BCUT2D eigenvalue weighted by Gasteiger charge is 2.25. The van der Waals surface area contributed by atoms with E-state index in [0.29, 0.717) is 5.92 Å². The van der Waals surface area contributed by atoms with Crippen molar-refractivity contribution in [3.8, 4) is 11.3 Å². The zero-order valence-electron chi connectivity index (χ0n) is 14.4. The summed E-state index contributed by atoms with van der Waals surface area (Å²) in [5, 5.41) is 8.94. The maximum atomic E-state index is 6.00.